The lowest BCUT2D eigenvalue weighted by atomic mass is 9.94. The Morgan fingerprint density at radius 2 is 1.96 bits per heavy atom. The number of carbonyl (C=O) groups excluding carboxylic acids is 1. The molecule has 2 aromatic rings. The first kappa shape index (κ1) is 17.0. The minimum Gasteiger partial charge on any atom is -0.493 e. The molecule has 1 amide bonds. The molecule has 0 bridgehead atoms. The van der Waals surface area contributed by atoms with Crippen LogP contribution in [0.5, 0.6) is 5.75 Å². The Morgan fingerprint density at radius 3 is 2.62 bits per heavy atom. The van der Waals surface area contributed by atoms with Crippen molar-refractivity contribution < 1.29 is 13.9 Å². The predicted octanol–water partition coefficient (Wildman–Crippen LogP) is 3.97. The van der Waals surface area contributed by atoms with Gasteiger partial charge in [0.15, 0.2) is 11.3 Å². The molecule has 0 spiro atoms. The van der Waals surface area contributed by atoms with Gasteiger partial charge < -0.3 is 14.1 Å². The maximum atomic E-state index is 12.8. The summed E-state index contributed by atoms with van der Waals surface area (Å²) >= 11 is 3.40. The van der Waals surface area contributed by atoms with Crippen molar-refractivity contribution in [3.8, 4) is 5.75 Å². The van der Waals surface area contributed by atoms with E-state index in [1.54, 1.807) is 30.1 Å². The quantitative estimate of drug-likeness (QED) is 0.740. The highest BCUT2D eigenvalue weighted by Gasteiger charge is 2.26. The number of fused-ring (bicyclic) bond motifs is 1. The number of amides is 1. The van der Waals surface area contributed by atoms with Crippen LogP contribution in [0.3, 0.4) is 0 Å². The predicted molar refractivity (Wildman–Crippen MR) is 95.7 cm³/mol. The van der Waals surface area contributed by atoms with Crippen molar-refractivity contribution >= 4 is 32.8 Å². The summed E-state index contributed by atoms with van der Waals surface area (Å²) < 4.78 is 11.4. The summed E-state index contributed by atoms with van der Waals surface area (Å²) in [6.07, 6.45) is 5.43. The number of hydrogen-bond donors (Lipinski definition) is 0. The first-order valence-corrected chi connectivity index (χ1v) is 8.89. The van der Waals surface area contributed by atoms with Crippen molar-refractivity contribution in [1.82, 2.24) is 4.90 Å². The van der Waals surface area contributed by atoms with E-state index in [9.17, 15) is 9.59 Å². The maximum absolute atomic E-state index is 12.8. The third-order valence-corrected chi connectivity index (χ3v) is 5.11. The Bertz CT molecular complexity index is 824. The van der Waals surface area contributed by atoms with Crippen LogP contribution in [0, 0.1) is 0 Å². The van der Waals surface area contributed by atoms with Crippen molar-refractivity contribution in [2.45, 2.75) is 38.1 Å². The van der Waals surface area contributed by atoms with Gasteiger partial charge in [-0.25, -0.2) is 4.79 Å². The van der Waals surface area contributed by atoms with Crippen molar-refractivity contribution in [3.63, 3.8) is 0 Å². The molecule has 1 aromatic heterocycles. The normalized spacial score (nSPS) is 15.5. The molecule has 3 rings (SSSR count). The summed E-state index contributed by atoms with van der Waals surface area (Å²) in [6, 6.07) is 5.31. The fourth-order valence-corrected chi connectivity index (χ4v) is 3.75. The third-order valence-electron chi connectivity index (χ3n) is 4.66. The summed E-state index contributed by atoms with van der Waals surface area (Å²) in [5, 5.41) is 0.654. The molecule has 1 aromatic carbocycles. The standard InChI is InChI=1S/C18H20BrNO4/c1-20(13-6-4-3-5-7-13)17(21)14-9-11-8-12(19)10-15(23-2)16(11)24-18(14)22/h8-10,13H,3-7H2,1-2H3. The van der Waals surface area contributed by atoms with Crippen molar-refractivity contribution in [3.05, 3.63) is 38.7 Å². The van der Waals surface area contributed by atoms with E-state index in [4.69, 9.17) is 9.15 Å². The van der Waals surface area contributed by atoms with Gasteiger partial charge in [0.2, 0.25) is 0 Å². The van der Waals surface area contributed by atoms with E-state index in [0.29, 0.717) is 16.7 Å². The average molecular weight is 394 g/mol. The molecular formula is C18H20BrNO4. The molecule has 24 heavy (non-hydrogen) atoms. The van der Waals surface area contributed by atoms with Crippen LogP contribution < -0.4 is 10.4 Å². The molecule has 0 saturated heterocycles. The van der Waals surface area contributed by atoms with Gasteiger partial charge in [-0.3, -0.25) is 4.79 Å². The van der Waals surface area contributed by atoms with Crippen LogP contribution in [-0.4, -0.2) is 31.0 Å². The zero-order valence-corrected chi connectivity index (χ0v) is 15.4. The lowest BCUT2D eigenvalue weighted by Gasteiger charge is -2.31. The summed E-state index contributed by atoms with van der Waals surface area (Å²) in [7, 11) is 3.28. The van der Waals surface area contributed by atoms with Gasteiger partial charge >= 0.3 is 5.63 Å². The summed E-state index contributed by atoms with van der Waals surface area (Å²) in [6.45, 7) is 0. The van der Waals surface area contributed by atoms with Gasteiger partial charge in [0.25, 0.3) is 5.91 Å². The second-order valence-electron chi connectivity index (χ2n) is 6.18. The molecule has 1 saturated carbocycles. The van der Waals surface area contributed by atoms with Gasteiger partial charge in [-0.2, -0.15) is 0 Å². The zero-order valence-electron chi connectivity index (χ0n) is 13.8. The van der Waals surface area contributed by atoms with E-state index < -0.39 is 5.63 Å². The van der Waals surface area contributed by atoms with Crippen LogP contribution in [-0.2, 0) is 0 Å². The minimum absolute atomic E-state index is 0.0655. The minimum atomic E-state index is -0.629. The number of halogens is 1. The Labute approximate surface area is 148 Å². The molecule has 1 heterocycles. The topological polar surface area (TPSA) is 59.8 Å². The van der Waals surface area contributed by atoms with Gasteiger partial charge in [-0.05, 0) is 31.0 Å². The average Bonchev–Trinajstić information content (AvgIpc) is 2.60. The van der Waals surface area contributed by atoms with Crippen molar-refractivity contribution in [2.75, 3.05) is 14.2 Å². The lowest BCUT2D eigenvalue weighted by Crippen LogP contribution is -2.40. The van der Waals surface area contributed by atoms with Crippen LogP contribution in [0.25, 0.3) is 11.0 Å². The van der Waals surface area contributed by atoms with E-state index in [1.807, 2.05) is 0 Å². The van der Waals surface area contributed by atoms with E-state index in [1.165, 1.54) is 13.5 Å². The highest BCUT2D eigenvalue weighted by molar-refractivity contribution is 9.10. The summed E-state index contributed by atoms with van der Waals surface area (Å²) in [5.74, 6) is 0.174. The van der Waals surface area contributed by atoms with Gasteiger partial charge in [0, 0.05) is 22.9 Å². The Hall–Kier alpha value is -1.82. The fourth-order valence-electron chi connectivity index (χ4n) is 3.29. The number of methoxy groups -OCH3 is 1. The number of benzene rings is 1. The number of carbonyl (C=O) groups is 1. The van der Waals surface area contributed by atoms with E-state index in [-0.39, 0.29) is 17.5 Å². The van der Waals surface area contributed by atoms with Crippen LogP contribution in [0.4, 0.5) is 0 Å². The zero-order chi connectivity index (χ0) is 17.3. The molecule has 0 unspecified atom stereocenters. The molecular weight excluding hydrogens is 374 g/mol. The van der Waals surface area contributed by atoms with Crippen molar-refractivity contribution in [1.29, 1.82) is 0 Å². The number of ether oxygens (including phenoxy) is 1. The maximum Gasteiger partial charge on any atom is 0.349 e. The van der Waals surface area contributed by atoms with Crippen LogP contribution in [0.1, 0.15) is 42.5 Å². The lowest BCUT2D eigenvalue weighted by molar-refractivity contribution is 0.0692. The smallest absolute Gasteiger partial charge is 0.349 e. The van der Waals surface area contributed by atoms with Crippen LogP contribution in [0.2, 0.25) is 0 Å². The van der Waals surface area contributed by atoms with Gasteiger partial charge in [-0.15, -0.1) is 0 Å². The monoisotopic (exact) mass is 393 g/mol. The van der Waals surface area contributed by atoms with E-state index >= 15 is 0 Å². The second-order valence-corrected chi connectivity index (χ2v) is 7.10. The van der Waals surface area contributed by atoms with Crippen LogP contribution >= 0.6 is 15.9 Å². The van der Waals surface area contributed by atoms with Gasteiger partial charge in [0.1, 0.15) is 5.56 Å². The molecule has 5 nitrogen and oxygen atoms in total. The first-order chi connectivity index (χ1) is 11.5. The van der Waals surface area contributed by atoms with Crippen molar-refractivity contribution in [2.24, 2.45) is 0 Å². The third kappa shape index (κ3) is 3.20. The van der Waals surface area contributed by atoms with Gasteiger partial charge in [-0.1, -0.05) is 35.2 Å². The van der Waals surface area contributed by atoms with E-state index in [2.05, 4.69) is 15.9 Å². The molecule has 1 fully saturated rings. The molecule has 1 aliphatic carbocycles. The molecule has 0 N–H and O–H groups in total. The summed E-state index contributed by atoms with van der Waals surface area (Å²) in [5.41, 5.74) is -0.214. The first-order valence-electron chi connectivity index (χ1n) is 8.10. The Kier molecular flexibility index (Phi) is 4.94. The highest BCUT2D eigenvalue weighted by atomic mass is 79.9. The SMILES string of the molecule is COc1cc(Br)cc2cc(C(=O)N(C)C3CCCCC3)c(=O)oc12. The second kappa shape index (κ2) is 6.97. The highest BCUT2D eigenvalue weighted by Crippen LogP contribution is 2.30. The summed E-state index contributed by atoms with van der Waals surface area (Å²) in [4.78, 5) is 26.8. The number of rotatable bonds is 3. The van der Waals surface area contributed by atoms with E-state index in [0.717, 1.165) is 30.2 Å². The molecule has 0 radical (unpaired) electrons. The molecule has 0 aliphatic heterocycles. The molecule has 0 atom stereocenters. The molecule has 1 aliphatic rings. The molecule has 6 heteroatoms. The van der Waals surface area contributed by atoms with Crippen LogP contribution in [0.15, 0.2) is 31.9 Å². The Balaban J connectivity index is 2.01. The number of hydrogen-bond acceptors (Lipinski definition) is 4. The van der Waals surface area contributed by atoms with Gasteiger partial charge in [0.05, 0.1) is 7.11 Å². The number of nitrogens with zero attached hydrogens (tertiary/aromatic N) is 1. The molecule has 128 valence electrons. The Morgan fingerprint density at radius 1 is 1.25 bits per heavy atom. The fraction of sp³-hybridized carbons (Fsp3) is 0.444. The largest absolute Gasteiger partial charge is 0.493 e.